The Morgan fingerprint density at radius 2 is 1.70 bits per heavy atom. The van der Waals surface area contributed by atoms with Crippen LogP contribution >= 0.6 is 0 Å². The molecule has 4 heterocycles. The molecule has 1 saturated carbocycles. The Balaban J connectivity index is 1.35. The molecular formula is C35H41F3N10O2. The summed E-state index contributed by atoms with van der Waals surface area (Å²) in [4.78, 5) is 33.5. The number of alkyl halides is 3. The van der Waals surface area contributed by atoms with Gasteiger partial charge in [0.1, 0.15) is 17.7 Å². The van der Waals surface area contributed by atoms with Crippen LogP contribution in [0.25, 0.3) is 22.8 Å². The fraction of sp³-hybridized carbons (Fsp3) is 0.486. The van der Waals surface area contributed by atoms with E-state index in [0.717, 1.165) is 43.4 Å². The number of rotatable bonds is 11. The summed E-state index contributed by atoms with van der Waals surface area (Å²) in [7, 11) is 5.29. The zero-order valence-corrected chi connectivity index (χ0v) is 28.9. The van der Waals surface area contributed by atoms with Crippen molar-refractivity contribution in [3.8, 4) is 40.5 Å². The van der Waals surface area contributed by atoms with Crippen molar-refractivity contribution < 1.29 is 22.6 Å². The predicted octanol–water partition coefficient (Wildman–Crippen LogP) is 5.09. The number of methoxy groups -OCH3 is 1. The smallest absolute Gasteiger partial charge is 0.434 e. The van der Waals surface area contributed by atoms with Gasteiger partial charge < -0.3 is 23.8 Å². The van der Waals surface area contributed by atoms with Crippen molar-refractivity contribution in [1.82, 2.24) is 39.4 Å². The topological polar surface area (TPSA) is 110 Å². The summed E-state index contributed by atoms with van der Waals surface area (Å²) in [6.45, 7) is 7.99. The number of aromatic nitrogens is 7. The van der Waals surface area contributed by atoms with E-state index in [4.69, 9.17) is 24.4 Å². The monoisotopic (exact) mass is 690 g/mol. The number of nitrogens with zero attached hydrogens (tertiary/aromatic N) is 10. The van der Waals surface area contributed by atoms with E-state index in [2.05, 4.69) is 31.7 Å². The van der Waals surface area contributed by atoms with Crippen LogP contribution < -0.4 is 14.5 Å². The number of anilines is 2. The first kappa shape index (κ1) is 35.0. The molecule has 1 aromatic carbocycles. The van der Waals surface area contributed by atoms with Crippen molar-refractivity contribution in [1.29, 1.82) is 0 Å². The zero-order chi connectivity index (χ0) is 35.4. The van der Waals surface area contributed by atoms with Gasteiger partial charge in [-0.05, 0) is 32.3 Å². The van der Waals surface area contributed by atoms with Gasteiger partial charge in [0.05, 0.1) is 39.1 Å². The lowest BCUT2D eigenvalue weighted by Crippen LogP contribution is -2.36. The summed E-state index contributed by atoms with van der Waals surface area (Å²) >= 11 is 0. The fourth-order valence-electron chi connectivity index (χ4n) is 5.61. The minimum Gasteiger partial charge on any atom is -0.480 e. The van der Waals surface area contributed by atoms with E-state index in [1.165, 1.54) is 6.33 Å². The maximum Gasteiger partial charge on any atom is 0.434 e. The first-order valence-electron chi connectivity index (χ1n) is 16.6. The fourth-order valence-corrected chi connectivity index (χ4v) is 5.61. The number of ether oxygens (including phenoxy) is 2. The molecule has 0 N–H and O–H groups in total. The molecule has 15 heteroatoms. The van der Waals surface area contributed by atoms with Crippen LogP contribution in [0.4, 0.5) is 25.1 Å². The van der Waals surface area contributed by atoms with Crippen LogP contribution in [0.15, 0.2) is 36.8 Å². The van der Waals surface area contributed by atoms with E-state index in [-0.39, 0.29) is 17.8 Å². The van der Waals surface area contributed by atoms with Crippen LogP contribution in [0, 0.1) is 11.8 Å². The summed E-state index contributed by atoms with van der Waals surface area (Å²) in [5.41, 5.74) is 2.04. The quantitative estimate of drug-likeness (QED) is 0.197. The normalized spacial score (nSPS) is 15.1. The van der Waals surface area contributed by atoms with E-state index in [1.54, 1.807) is 23.8 Å². The minimum absolute atomic E-state index is 0.210. The summed E-state index contributed by atoms with van der Waals surface area (Å²) < 4.78 is 53.3. The molecule has 1 aliphatic heterocycles. The van der Waals surface area contributed by atoms with Crippen molar-refractivity contribution in [2.75, 3.05) is 70.4 Å². The van der Waals surface area contributed by atoms with Crippen LogP contribution in [-0.4, -0.2) is 100.0 Å². The van der Waals surface area contributed by atoms with Gasteiger partial charge in [0.15, 0.2) is 11.5 Å². The van der Waals surface area contributed by atoms with Crippen molar-refractivity contribution in [3.63, 3.8) is 0 Å². The average molecular weight is 691 g/mol. The van der Waals surface area contributed by atoms with Crippen LogP contribution in [-0.2, 0) is 17.5 Å². The van der Waals surface area contributed by atoms with Crippen molar-refractivity contribution in [2.45, 2.75) is 51.4 Å². The largest absolute Gasteiger partial charge is 0.480 e. The van der Waals surface area contributed by atoms with Gasteiger partial charge in [-0.15, -0.1) is 0 Å². The van der Waals surface area contributed by atoms with Crippen molar-refractivity contribution in [3.05, 3.63) is 53.7 Å². The van der Waals surface area contributed by atoms with Gasteiger partial charge in [0.2, 0.25) is 17.8 Å². The van der Waals surface area contributed by atoms with Crippen molar-refractivity contribution in [2.24, 2.45) is 0 Å². The lowest BCUT2D eigenvalue weighted by Gasteiger charge is -2.24. The molecule has 264 valence electrons. The molecule has 3 aromatic heterocycles. The summed E-state index contributed by atoms with van der Waals surface area (Å²) in [6, 6.07) is 7.13. The molecule has 4 aromatic rings. The molecule has 0 atom stereocenters. The highest BCUT2D eigenvalue weighted by atomic mass is 19.4. The summed E-state index contributed by atoms with van der Waals surface area (Å²) in [5, 5.41) is 0. The second kappa shape index (κ2) is 15.0. The molecule has 0 amide bonds. The highest BCUT2D eigenvalue weighted by molar-refractivity contribution is 5.68. The van der Waals surface area contributed by atoms with Crippen LogP contribution in [0.3, 0.4) is 0 Å². The Hall–Kier alpha value is -4.81. The maximum atomic E-state index is 13.6. The van der Waals surface area contributed by atoms with Gasteiger partial charge in [0.25, 0.3) is 0 Å². The number of benzene rings is 1. The minimum atomic E-state index is -4.54. The third-order valence-electron chi connectivity index (χ3n) is 8.48. The number of imidazole rings is 1. The van der Waals surface area contributed by atoms with Gasteiger partial charge in [-0.1, -0.05) is 36.1 Å². The molecule has 12 nitrogen and oxygen atoms in total. The number of hydrogen-bond donors (Lipinski definition) is 0. The van der Waals surface area contributed by atoms with E-state index in [9.17, 15) is 13.2 Å². The average Bonchev–Trinajstić information content (AvgIpc) is 3.85. The molecule has 2 aliphatic rings. The number of hydrogen-bond acceptors (Lipinski definition) is 11. The van der Waals surface area contributed by atoms with E-state index in [1.807, 2.05) is 49.9 Å². The molecule has 1 aliphatic carbocycles. The lowest BCUT2D eigenvalue weighted by atomic mass is 10.1. The van der Waals surface area contributed by atoms with Gasteiger partial charge in [-0.2, -0.15) is 28.1 Å². The Kier molecular flexibility index (Phi) is 10.5. The lowest BCUT2D eigenvalue weighted by molar-refractivity contribution is -0.140. The van der Waals surface area contributed by atoms with E-state index < -0.39 is 11.9 Å². The van der Waals surface area contributed by atoms with Crippen LogP contribution in [0.2, 0.25) is 0 Å². The zero-order valence-electron chi connectivity index (χ0n) is 28.9. The number of halogens is 3. The molecule has 1 saturated heterocycles. The van der Waals surface area contributed by atoms with Crippen LogP contribution in [0.5, 0.6) is 5.88 Å². The highest BCUT2D eigenvalue weighted by Crippen LogP contribution is 2.45. The molecule has 50 heavy (non-hydrogen) atoms. The summed E-state index contributed by atoms with van der Waals surface area (Å²) in [5.74, 6) is 8.78. The van der Waals surface area contributed by atoms with Crippen LogP contribution in [0.1, 0.15) is 55.6 Å². The predicted molar refractivity (Wildman–Crippen MR) is 183 cm³/mol. The molecule has 2 fully saturated rings. The summed E-state index contributed by atoms with van der Waals surface area (Å²) in [6.07, 6.45) is 0.0565. The second-order valence-electron chi connectivity index (χ2n) is 12.8. The third kappa shape index (κ3) is 8.14. The molecule has 0 spiro atoms. The molecule has 6 rings (SSSR count). The van der Waals surface area contributed by atoms with Gasteiger partial charge >= 0.3 is 6.18 Å². The second-order valence-corrected chi connectivity index (χ2v) is 12.8. The van der Waals surface area contributed by atoms with Gasteiger partial charge in [-0.25, -0.2) is 15.0 Å². The maximum absolute atomic E-state index is 13.6. The Morgan fingerprint density at radius 3 is 2.34 bits per heavy atom. The van der Waals surface area contributed by atoms with Gasteiger partial charge in [-0.3, -0.25) is 4.90 Å². The molecule has 0 bridgehead atoms. The Labute approximate surface area is 289 Å². The SMILES string of the molecule is COc1ncnc(C2CC2)c1-c1nc(N(C)C)nc(N(CC#CCN2CCOCC2)Cc2ccc(-c3nc(C(F)(F)F)cn3C(C)C)cc2)n1. The molecule has 0 radical (unpaired) electrons. The highest BCUT2D eigenvalue weighted by Gasteiger charge is 2.35. The Bertz CT molecular complexity index is 1840. The van der Waals surface area contributed by atoms with E-state index >= 15 is 0 Å². The third-order valence-corrected chi connectivity index (χ3v) is 8.48. The molecular weight excluding hydrogens is 649 g/mol. The number of morpholine rings is 1. The Morgan fingerprint density at radius 1 is 0.980 bits per heavy atom. The first-order chi connectivity index (χ1) is 24.0. The molecule has 0 unspecified atom stereocenters. The van der Waals surface area contributed by atoms with Gasteiger partial charge in [0, 0.05) is 57.4 Å². The first-order valence-corrected chi connectivity index (χ1v) is 16.6. The standard InChI is InChI=1S/C35H41F3N10O2/c1-23(2)48-21-27(35(36,37)38)41-31(48)26-10-8-24(9-11-26)20-47(15-7-6-14-46-16-18-50-19-17-46)34-43-30(42-33(44-34)45(3)4)28-29(25-12-13-25)39-22-40-32(28)49-5/h8-11,21-23,25H,12-20H2,1-5H3. The van der Waals surface area contributed by atoms with E-state index in [0.29, 0.717) is 67.6 Å². The van der Waals surface area contributed by atoms with Crippen molar-refractivity contribution >= 4 is 11.9 Å².